The summed E-state index contributed by atoms with van der Waals surface area (Å²) in [6, 6.07) is 0. The number of rotatable bonds is 55. The Morgan fingerprint density at radius 1 is 0.330 bits per heavy atom. The molecule has 7 amide bonds. The Morgan fingerprint density at radius 2 is 0.564 bits per heavy atom. The summed E-state index contributed by atoms with van der Waals surface area (Å²) in [5.74, 6) is -8.08. The Bertz CT molecular complexity index is 2380. The van der Waals surface area contributed by atoms with Crippen LogP contribution in [0.15, 0.2) is 0 Å². The van der Waals surface area contributed by atoms with E-state index in [4.69, 9.17) is 52.4 Å². The molecule has 5 atom stereocenters. The zero-order chi connectivity index (χ0) is 68.9. The number of hydroxylamine groups is 6. The van der Waals surface area contributed by atoms with Gasteiger partial charge in [0.1, 0.15) is 19.3 Å². The van der Waals surface area contributed by atoms with Gasteiger partial charge in [-0.1, -0.05) is 89.9 Å². The monoisotopic (exact) mass is 1340 g/mol. The van der Waals surface area contributed by atoms with Gasteiger partial charge in [0, 0.05) is 96.9 Å². The molecule has 3 saturated heterocycles. The number of esters is 4. The molecule has 3 rings (SSSR count). The van der Waals surface area contributed by atoms with Gasteiger partial charge in [-0.15, -0.1) is 15.2 Å². The van der Waals surface area contributed by atoms with Crippen LogP contribution in [-0.4, -0.2) is 192 Å². The van der Waals surface area contributed by atoms with Crippen molar-refractivity contribution in [2.75, 3.05) is 46.7 Å². The molecule has 0 aliphatic carbocycles. The van der Waals surface area contributed by atoms with Crippen molar-refractivity contribution in [1.29, 1.82) is 0 Å². The van der Waals surface area contributed by atoms with Gasteiger partial charge in [-0.3, -0.25) is 52.7 Å². The number of hydrogen-bond donors (Lipinski definition) is 4. The van der Waals surface area contributed by atoms with E-state index < -0.39 is 148 Å². The summed E-state index contributed by atoms with van der Waals surface area (Å²) in [7, 11) is 1.59. The molecule has 0 aromatic rings. The lowest BCUT2D eigenvalue weighted by Gasteiger charge is -2.22. The van der Waals surface area contributed by atoms with Crippen molar-refractivity contribution >= 4 is 83.1 Å². The molecule has 0 saturated carbocycles. The number of unbranched alkanes of at least 4 members (excludes halogenated alkanes) is 18. The average molecular weight is 1350 g/mol. The highest BCUT2D eigenvalue weighted by Crippen LogP contribution is 2.19. The fourth-order valence-corrected chi connectivity index (χ4v) is 9.34. The fourth-order valence-electron chi connectivity index (χ4n) is 9.34. The van der Waals surface area contributed by atoms with Gasteiger partial charge in [-0.05, 0) is 51.4 Å². The van der Waals surface area contributed by atoms with Crippen LogP contribution in [0.5, 0.6) is 0 Å². The summed E-state index contributed by atoms with van der Waals surface area (Å²) >= 11 is 0. The Labute approximate surface area is 546 Å². The quantitative estimate of drug-likeness (QED) is 0.0218. The summed E-state index contributed by atoms with van der Waals surface area (Å²) in [6.45, 7) is -7.25. The lowest BCUT2D eigenvalue weighted by atomic mass is 10.1. The average Bonchev–Trinajstić information content (AvgIpc) is 1.83. The maximum Gasteiger partial charge on any atom is 0.333 e. The largest absolute Gasteiger partial charge is 0.462 e. The maximum absolute atomic E-state index is 12.9. The molecule has 532 valence electrons. The Morgan fingerprint density at radius 3 is 0.840 bits per heavy atom. The predicted octanol–water partition coefficient (Wildman–Crippen LogP) is 4.15. The van der Waals surface area contributed by atoms with E-state index in [1.165, 1.54) is 0 Å². The second-order valence-corrected chi connectivity index (χ2v) is 22.8. The number of nitrogens with zero attached hydrogens (tertiary/aromatic N) is 3. The zero-order valence-electron chi connectivity index (χ0n) is 54.0. The van der Waals surface area contributed by atoms with Crippen LogP contribution in [-0.2, 0) is 120 Å². The second-order valence-electron chi connectivity index (χ2n) is 22.8. The van der Waals surface area contributed by atoms with Crippen LogP contribution in [0.1, 0.15) is 231 Å². The number of imide groups is 3. The van der Waals surface area contributed by atoms with E-state index in [1.807, 2.05) is 0 Å². The van der Waals surface area contributed by atoms with E-state index in [0.717, 1.165) is 38.5 Å². The van der Waals surface area contributed by atoms with Gasteiger partial charge in [0.15, 0.2) is 12.2 Å². The molecule has 4 N–H and O–H groups in total. The topological polar surface area (TPSA) is 423 Å². The van der Waals surface area contributed by atoms with Crippen LogP contribution in [0.25, 0.3) is 0 Å². The molecule has 3 aliphatic heterocycles. The summed E-state index contributed by atoms with van der Waals surface area (Å²) in [6.07, 6.45) is 10.0. The first-order valence-corrected chi connectivity index (χ1v) is 32.7. The standard InChI is InChI=1S/C62H96N4O28/c1-63-47(68)24-16-8-3-2-4-9-19-27-56(77)90-45(40-84-54(75)25-17-10-5-13-21-29-58(79)92-64-48(69)32-33-49(64)70)42-88-61(82)86-38-44(67)39-87-62(83)89-43-46(91-57(78)28-20-12-7-15-23-31-60(81)94-66-52(73)36-37-53(66)74)41-85-55(76)26-18-11-6-14-22-30-59(80)93-65-50(71)34-35-51(65)72/h44-46,61-62,67,82-83H,2-43H2,1H3,(H,63,68)/t44?,45-,46-,61?,62?/m1/s1. The fraction of sp³-hybridized carbons (Fsp3) is 0.774. The van der Waals surface area contributed by atoms with Crippen molar-refractivity contribution < 1.29 is 135 Å². The van der Waals surface area contributed by atoms with Crippen LogP contribution in [0, 0.1) is 0 Å². The minimum atomic E-state index is -2.02. The minimum absolute atomic E-state index is 0.000252. The third-order valence-corrected chi connectivity index (χ3v) is 14.6. The Balaban J connectivity index is 1.41. The first-order valence-electron chi connectivity index (χ1n) is 32.7. The van der Waals surface area contributed by atoms with Crippen LogP contribution < -0.4 is 5.32 Å². The van der Waals surface area contributed by atoms with Gasteiger partial charge < -0.3 is 73.0 Å². The molecule has 32 nitrogen and oxygen atoms in total. The number of hydrogen-bond acceptors (Lipinski definition) is 28. The van der Waals surface area contributed by atoms with Crippen LogP contribution >= 0.6 is 0 Å². The highest BCUT2D eigenvalue weighted by Gasteiger charge is 2.35. The number of aliphatic hydroxyl groups is 3. The highest BCUT2D eigenvalue weighted by atomic mass is 16.8. The maximum atomic E-state index is 12.9. The molecule has 0 bridgehead atoms. The van der Waals surface area contributed by atoms with Gasteiger partial charge in [0.05, 0.1) is 26.4 Å². The van der Waals surface area contributed by atoms with Crippen molar-refractivity contribution in [3.05, 3.63) is 0 Å². The smallest absolute Gasteiger partial charge is 0.333 e. The minimum Gasteiger partial charge on any atom is -0.462 e. The normalized spacial score (nSPS) is 15.6. The number of carbonyl (C=O) groups excluding carboxylic acids is 14. The lowest BCUT2D eigenvalue weighted by Crippen LogP contribution is -2.35. The highest BCUT2D eigenvalue weighted by molar-refractivity contribution is 6.03. The SMILES string of the molecule is CNC(=O)CCCCCCCCCC(=O)O[C@H](COC(=O)CCCCCCCC(=O)ON1C(=O)CCC1=O)COC(O)OCC(O)COC(O)OC[C@@H](COC(=O)CCCCCCCC(=O)ON1C(=O)CCC1=O)OC(=O)CCCCCCCC(=O)ON1C(=O)CCC1=O. The molecule has 3 heterocycles. The summed E-state index contributed by atoms with van der Waals surface area (Å²) in [5.41, 5.74) is 0. The van der Waals surface area contributed by atoms with Crippen molar-refractivity contribution in [2.24, 2.45) is 0 Å². The molecule has 94 heavy (non-hydrogen) atoms. The lowest BCUT2D eigenvalue weighted by molar-refractivity contribution is -0.295. The molecular formula is C62H96N4O28. The van der Waals surface area contributed by atoms with E-state index in [-0.39, 0.29) is 89.4 Å². The van der Waals surface area contributed by atoms with Gasteiger partial charge in [-0.25, -0.2) is 14.4 Å². The van der Waals surface area contributed by atoms with Crippen LogP contribution in [0.3, 0.4) is 0 Å². The Kier molecular flexibility index (Phi) is 41.9. The van der Waals surface area contributed by atoms with Crippen molar-refractivity contribution in [2.45, 2.75) is 262 Å². The molecule has 0 aromatic heterocycles. The third kappa shape index (κ3) is 37.7. The van der Waals surface area contributed by atoms with Gasteiger partial charge in [0.2, 0.25) is 5.91 Å². The molecule has 32 heteroatoms. The van der Waals surface area contributed by atoms with Gasteiger partial charge in [-0.2, -0.15) is 0 Å². The van der Waals surface area contributed by atoms with Crippen molar-refractivity contribution in [1.82, 2.24) is 20.5 Å². The molecule has 0 spiro atoms. The third-order valence-electron chi connectivity index (χ3n) is 14.6. The molecule has 3 unspecified atom stereocenters. The summed E-state index contributed by atoms with van der Waals surface area (Å²) in [5, 5.41) is 35.6. The van der Waals surface area contributed by atoms with Gasteiger partial charge >= 0.3 is 41.8 Å². The molecular weight excluding hydrogens is 1250 g/mol. The molecule has 0 radical (unpaired) electrons. The number of ether oxygens (including phenoxy) is 8. The Hall–Kier alpha value is -7.10. The second kappa shape index (κ2) is 48.6. The molecule has 3 aliphatic rings. The summed E-state index contributed by atoms with van der Waals surface area (Å²) < 4.78 is 42.7. The molecule has 0 aromatic carbocycles. The first-order chi connectivity index (χ1) is 45.1. The van der Waals surface area contributed by atoms with Crippen LogP contribution in [0.2, 0.25) is 0 Å². The van der Waals surface area contributed by atoms with Gasteiger partial charge in [0.25, 0.3) is 48.4 Å². The van der Waals surface area contributed by atoms with Crippen LogP contribution in [0.4, 0.5) is 0 Å². The number of amides is 7. The van der Waals surface area contributed by atoms with E-state index in [1.54, 1.807) is 7.05 Å². The number of aliphatic hydroxyl groups excluding tert-OH is 3. The predicted molar refractivity (Wildman–Crippen MR) is 318 cm³/mol. The number of nitrogens with one attached hydrogen (secondary N) is 1. The van der Waals surface area contributed by atoms with E-state index in [9.17, 15) is 82.4 Å². The number of carbonyl (C=O) groups is 14. The van der Waals surface area contributed by atoms with E-state index in [2.05, 4.69) is 5.32 Å². The van der Waals surface area contributed by atoms with Crippen molar-refractivity contribution in [3.63, 3.8) is 0 Å². The van der Waals surface area contributed by atoms with E-state index >= 15 is 0 Å². The zero-order valence-corrected chi connectivity index (χ0v) is 54.0. The summed E-state index contributed by atoms with van der Waals surface area (Å²) in [4.78, 5) is 183. The first kappa shape index (κ1) is 81.1. The molecule has 3 fully saturated rings. The van der Waals surface area contributed by atoms with E-state index in [0.29, 0.717) is 124 Å². The van der Waals surface area contributed by atoms with Crippen molar-refractivity contribution in [3.8, 4) is 0 Å².